The zero-order chi connectivity index (χ0) is 13.0. The second-order valence-corrected chi connectivity index (χ2v) is 4.70. The molecule has 0 radical (unpaired) electrons. The van der Waals surface area contributed by atoms with Crippen LogP contribution in [0.3, 0.4) is 0 Å². The average Bonchev–Trinajstić information content (AvgIpc) is 2.83. The minimum absolute atomic E-state index is 0.114. The normalized spacial score (nSPS) is 16.3. The Bertz CT molecular complexity index is 426. The fraction of sp³-hybridized carbons (Fsp3) is 0.467. The van der Waals surface area contributed by atoms with Gasteiger partial charge in [0.2, 0.25) is 0 Å². The molecule has 1 unspecified atom stereocenters. The summed E-state index contributed by atoms with van der Waals surface area (Å²) in [6.45, 7) is 4.85. The molecule has 3 nitrogen and oxygen atoms in total. The molecule has 0 amide bonds. The van der Waals surface area contributed by atoms with Crippen LogP contribution in [0.15, 0.2) is 36.1 Å². The van der Waals surface area contributed by atoms with E-state index in [0.29, 0.717) is 0 Å². The molecule has 1 atom stereocenters. The van der Waals surface area contributed by atoms with Crippen molar-refractivity contribution in [2.75, 3.05) is 13.7 Å². The molecular formula is C15H21NO2. The lowest BCUT2D eigenvalue weighted by Crippen LogP contribution is -2.19. The maximum absolute atomic E-state index is 5.72. The highest BCUT2D eigenvalue weighted by molar-refractivity contribution is 5.34. The molecule has 0 aliphatic carbocycles. The Labute approximate surface area is 109 Å². The fourth-order valence-corrected chi connectivity index (χ4v) is 2.15. The summed E-state index contributed by atoms with van der Waals surface area (Å²) in [6.07, 6.45) is 3.34. The summed E-state index contributed by atoms with van der Waals surface area (Å²) < 4.78 is 11.4. The summed E-state index contributed by atoms with van der Waals surface area (Å²) in [5.41, 5.74) is 1.17. The number of likely N-dealkylation sites (N-methyl/N-ethyl adjacent to an activating group) is 1. The van der Waals surface area contributed by atoms with Crippen molar-refractivity contribution in [2.24, 2.45) is 0 Å². The van der Waals surface area contributed by atoms with E-state index >= 15 is 0 Å². The van der Waals surface area contributed by atoms with Crippen LogP contribution in [0.2, 0.25) is 0 Å². The molecular weight excluding hydrogens is 226 g/mol. The molecule has 0 aromatic heterocycles. The minimum atomic E-state index is 0.114. The summed E-state index contributed by atoms with van der Waals surface area (Å²) in [4.78, 5) is 0. The molecule has 1 N–H and O–H groups in total. The van der Waals surface area contributed by atoms with Crippen LogP contribution in [0.4, 0.5) is 0 Å². The van der Waals surface area contributed by atoms with E-state index in [1.165, 1.54) is 5.56 Å². The SMILES string of the molecule is CNC(C1=CCCO1)c1cccc(OC(C)C)c1. The molecule has 1 aromatic carbocycles. The molecule has 0 saturated heterocycles. The predicted molar refractivity (Wildman–Crippen MR) is 72.7 cm³/mol. The first-order valence-electron chi connectivity index (χ1n) is 6.47. The largest absolute Gasteiger partial charge is 0.496 e. The second-order valence-electron chi connectivity index (χ2n) is 4.70. The number of ether oxygens (including phenoxy) is 2. The van der Waals surface area contributed by atoms with Crippen LogP contribution < -0.4 is 10.1 Å². The number of benzene rings is 1. The quantitative estimate of drug-likeness (QED) is 0.867. The molecule has 1 heterocycles. The van der Waals surface area contributed by atoms with Crippen LogP contribution in [-0.4, -0.2) is 19.8 Å². The molecule has 3 heteroatoms. The Morgan fingerprint density at radius 3 is 2.78 bits per heavy atom. The standard InChI is InChI=1S/C15H21NO2/c1-11(2)18-13-7-4-6-12(10-13)15(16-3)14-8-5-9-17-14/h4,6-8,10-11,15-16H,5,9H2,1-3H3. The van der Waals surface area contributed by atoms with Crippen molar-refractivity contribution >= 4 is 0 Å². The number of hydrogen-bond donors (Lipinski definition) is 1. The van der Waals surface area contributed by atoms with Crippen LogP contribution in [0.5, 0.6) is 5.75 Å². The molecule has 1 aliphatic heterocycles. The van der Waals surface area contributed by atoms with Gasteiger partial charge in [0.25, 0.3) is 0 Å². The van der Waals surface area contributed by atoms with E-state index in [1.54, 1.807) is 0 Å². The van der Waals surface area contributed by atoms with Crippen molar-refractivity contribution < 1.29 is 9.47 Å². The topological polar surface area (TPSA) is 30.5 Å². The average molecular weight is 247 g/mol. The molecule has 1 aliphatic rings. The Morgan fingerprint density at radius 2 is 2.17 bits per heavy atom. The van der Waals surface area contributed by atoms with Crippen LogP contribution in [0.1, 0.15) is 31.9 Å². The van der Waals surface area contributed by atoms with E-state index in [2.05, 4.69) is 23.5 Å². The molecule has 0 fully saturated rings. The second kappa shape index (κ2) is 5.91. The molecule has 0 saturated carbocycles. The van der Waals surface area contributed by atoms with Crippen molar-refractivity contribution in [2.45, 2.75) is 32.4 Å². The van der Waals surface area contributed by atoms with E-state index in [4.69, 9.17) is 9.47 Å². The van der Waals surface area contributed by atoms with Gasteiger partial charge >= 0.3 is 0 Å². The third-order valence-corrected chi connectivity index (χ3v) is 2.87. The molecule has 18 heavy (non-hydrogen) atoms. The van der Waals surface area contributed by atoms with Crippen LogP contribution in [0.25, 0.3) is 0 Å². The van der Waals surface area contributed by atoms with E-state index < -0.39 is 0 Å². The van der Waals surface area contributed by atoms with Gasteiger partial charge in [0.05, 0.1) is 18.8 Å². The van der Waals surface area contributed by atoms with Crippen molar-refractivity contribution in [3.05, 3.63) is 41.7 Å². The lowest BCUT2D eigenvalue weighted by molar-refractivity contribution is 0.217. The Morgan fingerprint density at radius 1 is 1.33 bits per heavy atom. The predicted octanol–water partition coefficient (Wildman–Crippen LogP) is 3.04. The van der Waals surface area contributed by atoms with E-state index in [9.17, 15) is 0 Å². The number of hydrogen-bond acceptors (Lipinski definition) is 3. The Hall–Kier alpha value is -1.48. The zero-order valence-electron chi connectivity index (χ0n) is 11.3. The third-order valence-electron chi connectivity index (χ3n) is 2.87. The summed E-state index contributed by atoms with van der Waals surface area (Å²) in [7, 11) is 1.95. The van der Waals surface area contributed by atoms with Gasteiger partial charge in [-0.25, -0.2) is 0 Å². The van der Waals surface area contributed by atoms with E-state index in [1.807, 2.05) is 33.0 Å². The van der Waals surface area contributed by atoms with Gasteiger partial charge in [0, 0.05) is 6.42 Å². The summed E-state index contributed by atoms with van der Waals surface area (Å²) in [5.74, 6) is 1.92. The first kappa shape index (κ1) is 13.0. The van der Waals surface area contributed by atoms with Gasteiger partial charge in [0.15, 0.2) is 0 Å². The highest BCUT2D eigenvalue weighted by Crippen LogP contribution is 2.28. The van der Waals surface area contributed by atoms with Gasteiger partial charge in [-0.15, -0.1) is 0 Å². The van der Waals surface area contributed by atoms with Crippen molar-refractivity contribution in [3.63, 3.8) is 0 Å². The highest BCUT2D eigenvalue weighted by Gasteiger charge is 2.19. The zero-order valence-corrected chi connectivity index (χ0v) is 11.3. The lowest BCUT2D eigenvalue weighted by atomic mass is 10.0. The maximum Gasteiger partial charge on any atom is 0.120 e. The van der Waals surface area contributed by atoms with Crippen molar-refractivity contribution in [3.8, 4) is 5.75 Å². The van der Waals surface area contributed by atoms with Crippen molar-refractivity contribution in [1.29, 1.82) is 0 Å². The molecule has 2 rings (SSSR count). The summed E-state index contributed by atoms with van der Waals surface area (Å²) in [6, 6.07) is 8.29. The molecule has 98 valence electrons. The van der Waals surface area contributed by atoms with Gasteiger partial charge < -0.3 is 14.8 Å². The Balaban J connectivity index is 2.20. The first-order chi connectivity index (χ1) is 8.70. The summed E-state index contributed by atoms with van der Waals surface area (Å²) >= 11 is 0. The summed E-state index contributed by atoms with van der Waals surface area (Å²) in [5, 5.41) is 3.29. The van der Waals surface area contributed by atoms with Crippen molar-refractivity contribution in [1.82, 2.24) is 5.32 Å². The third kappa shape index (κ3) is 3.05. The van der Waals surface area contributed by atoms with E-state index in [-0.39, 0.29) is 12.1 Å². The van der Waals surface area contributed by atoms with Crippen LogP contribution in [0, 0.1) is 0 Å². The smallest absolute Gasteiger partial charge is 0.120 e. The number of nitrogens with one attached hydrogen (secondary N) is 1. The van der Waals surface area contributed by atoms with Crippen LogP contribution >= 0.6 is 0 Å². The van der Waals surface area contributed by atoms with Gasteiger partial charge in [-0.05, 0) is 44.7 Å². The Kier molecular flexibility index (Phi) is 4.26. The molecule has 1 aromatic rings. The van der Waals surface area contributed by atoms with Gasteiger partial charge in [-0.2, -0.15) is 0 Å². The van der Waals surface area contributed by atoms with Gasteiger partial charge in [0.1, 0.15) is 11.5 Å². The minimum Gasteiger partial charge on any atom is -0.496 e. The van der Waals surface area contributed by atoms with Crippen LogP contribution in [-0.2, 0) is 4.74 Å². The fourth-order valence-electron chi connectivity index (χ4n) is 2.15. The highest BCUT2D eigenvalue weighted by atomic mass is 16.5. The first-order valence-corrected chi connectivity index (χ1v) is 6.47. The molecule has 0 spiro atoms. The van der Waals surface area contributed by atoms with Gasteiger partial charge in [-0.3, -0.25) is 0 Å². The number of rotatable bonds is 5. The van der Waals surface area contributed by atoms with Gasteiger partial charge in [-0.1, -0.05) is 12.1 Å². The molecule has 0 bridgehead atoms. The maximum atomic E-state index is 5.72. The van der Waals surface area contributed by atoms with E-state index in [0.717, 1.165) is 24.5 Å². The monoisotopic (exact) mass is 247 g/mol. The lowest BCUT2D eigenvalue weighted by Gasteiger charge is -2.19.